The molecule has 2 aromatic heterocycles. The van der Waals surface area contributed by atoms with Crippen molar-refractivity contribution in [2.24, 2.45) is 0 Å². The molecule has 0 saturated heterocycles. The first kappa shape index (κ1) is 22.1. The van der Waals surface area contributed by atoms with Crippen molar-refractivity contribution in [3.05, 3.63) is 83.7 Å². The fraction of sp³-hybridized carbons (Fsp3) is 0.208. The van der Waals surface area contributed by atoms with Gasteiger partial charge >= 0.3 is 0 Å². The number of aromatic nitrogens is 2. The van der Waals surface area contributed by atoms with Crippen LogP contribution in [0.3, 0.4) is 0 Å². The summed E-state index contributed by atoms with van der Waals surface area (Å²) in [4.78, 5) is 24.3. The molecule has 0 saturated carbocycles. The van der Waals surface area contributed by atoms with Crippen LogP contribution in [0.1, 0.15) is 35.3 Å². The number of hydrogen-bond acceptors (Lipinski definition) is 6. The first-order valence-corrected chi connectivity index (χ1v) is 12.5. The van der Waals surface area contributed by atoms with Crippen molar-refractivity contribution < 1.29 is 13.2 Å². The summed E-state index contributed by atoms with van der Waals surface area (Å²) in [5, 5.41) is -0.0214. The molecule has 2 aromatic carbocycles. The third-order valence-electron chi connectivity index (χ3n) is 5.18. The molecule has 0 spiro atoms. The number of anilines is 1. The van der Waals surface area contributed by atoms with E-state index in [1.165, 1.54) is 23.5 Å². The quantitative estimate of drug-likeness (QED) is 0.399. The number of para-hydroxylation sites is 1. The Morgan fingerprint density at radius 3 is 2.56 bits per heavy atom. The molecule has 6 nitrogen and oxygen atoms in total. The van der Waals surface area contributed by atoms with Crippen LogP contribution in [0.5, 0.6) is 0 Å². The Morgan fingerprint density at radius 1 is 1.09 bits per heavy atom. The standard InChI is InChI=1S/C24H23N3O3S2/c1-16(2)32(29,30)20-10-5-9-19(13-20)23(28)27(15-18-8-6-12-25-14-18)24-26-22-17(3)7-4-11-21(22)31-24/h4-14,16H,15H2,1-3H3. The molecular weight excluding hydrogens is 442 g/mol. The van der Waals surface area contributed by atoms with Crippen LogP contribution in [0, 0.1) is 6.92 Å². The van der Waals surface area contributed by atoms with E-state index >= 15 is 0 Å². The molecule has 4 rings (SSSR count). The van der Waals surface area contributed by atoms with Gasteiger partial charge in [0.2, 0.25) is 0 Å². The zero-order valence-corrected chi connectivity index (χ0v) is 19.7. The lowest BCUT2D eigenvalue weighted by atomic mass is 10.2. The summed E-state index contributed by atoms with van der Waals surface area (Å²) in [6.45, 7) is 5.51. The number of amides is 1. The van der Waals surface area contributed by atoms with Crippen molar-refractivity contribution in [3.63, 3.8) is 0 Å². The van der Waals surface area contributed by atoms with E-state index in [4.69, 9.17) is 4.98 Å². The van der Waals surface area contributed by atoms with Crippen LogP contribution in [0.15, 0.2) is 71.9 Å². The molecule has 0 aliphatic carbocycles. The van der Waals surface area contributed by atoms with E-state index in [1.807, 2.05) is 37.3 Å². The second-order valence-corrected chi connectivity index (χ2v) is 11.3. The molecule has 2 heterocycles. The number of aryl methyl sites for hydroxylation is 1. The number of rotatable bonds is 6. The Labute approximate surface area is 191 Å². The first-order chi connectivity index (χ1) is 15.3. The number of carbonyl (C=O) groups excluding carboxylic acids is 1. The van der Waals surface area contributed by atoms with Crippen molar-refractivity contribution in [1.29, 1.82) is 0 Å². The normalized spacial score (nSPS) is 11.8. The summed E-state index contributed by atoms with van der Waals surface area (Å²) in [5.74, 6) is -0.314. The van der Waals surface area contributed by atoms with Gasteiger partial charge < -0.3 is 0 Å². The summed E-state index contributed by atoms with van der Waals surface area (Å²) in [5.41, 5.74) is 3.03. The van der Waals surface area contributed by atoms with Gasteiger partial charge in [-0.2, -0.15) is 0 Å². The fourth-order valence-electron chi connectivity index (χ4n) is 3.32. The third kappa shape index (κ3) is 4.28. The van der Waals surface area contributed by atoms with E-state index in [2.05, 4.69) is 4.98 Å². The lowest BCUT2D eigenvalue weighted by molar-refractivity contribution is 0.0985. The Kier molecular flexibility index (Phi) is 6.08. The van der Waals surface area contributed by atoms with Crippen LogP contribution >= 0.6 is 11.3 Å². The minimum atomic E-state index is -3.50. The SMILES string of the molecule is Cc1cccc2sc(N(Cc3cccnc3)C(=O)c3cccc(S(=O)(=O)C(C)C)c3)nc12. The molecule has 0 N–H and O–H groups in total. The molecule has 32 heavy (non-hydrogen) atoms. The Balaban J connectivity index is 1.79. The van der Waals surface area contributed by atoms with Gasteiger partial charge in [0.05, 0.1) is 26.9 Å². The summed E-state index contributed by atoms with van der Waals surface area (Å²) < 4.78 is 26.3. The van der Waals surface area contributed by atoms with Gasteiger partial charge in [0.1, 0.15) is 0 Å². The van der Waals surface area contributed by atoms with Gasteiger partial charge in [0, 0.05) is 18.0 Å². The maximum absolute atomic E-state index is 13.6. The van der Waals surface area contributed by atoms with Gasteiger partial charge in [0.15, 0.2) is 15.0 Å². The Morgan fingerprint density at radius 2 is 1.88 bits per heavy atom. The van der Waals surface area contributed by atoms with Crippen molar-refractivity contribution in [1.82, 2.24) is 9.97 Å². The highest BCUT2D eigenvalue weighted by Crippen LogP contribution is 2.32. The van der Waals surface area contributed by atoms with Crippen LogP contribution in [0.4, 0.5) is 5.13 Å². The average molecular weight is 466 g/mol. The molecule has 8 heteroatoms. The topological polar surface area (TPSA) is 80.2 Å². The van der Waals surface area contributed by atoms with Gasteiger partial charge in [-0.1, -0.05) is 35.6 Å². The zero-order chi connectivity index (χ0) is 22.9. The van der Waals surface area contributed by atoms with E-state index in [-0.39, 0.29) is 17.3 Å². The Bertz CT molecular complexity index is 1380. The molecule has 164 valence electrons. The lowest BCUT2D eigenvalue weighted by Gasteiger charge is -2.20. The molecule has 1 amide bonds. The van der Waals surface area contributed by atoms with E-state index in [0.29, 0.717) is 10.7 Å². The first-order valence-electron chi connectivity index (χ1n) is 10.2. The predicted molar refractivity (Wildman–Crippen MR) is 128 cm³/mol. The summed E-state index contributed by atoms with van der Waals surface area (Å²) in [7, 11) is -3.50. The molecule has 0 unspecified atom stereocenters. The summed E-state index contributed by atoms with van der Waals surface area (Å²) >= 11 is 1.43. The average Bonchev–Trinajstić information content (AvgIpc) is 3.23. The number of sulfone groups is 1. The van der Waals surface area contributed by atoms with Crippen LogP contribution in [0.2, 0.25) is 0 Å². The van der Waals surface area contributed by atoms with Crippen LogP contribution in [-0.2, 0) is 16.4 Å². The second kappa shape index (κ2) is 8.80. The molecule has 0 aliphatic heterocycles. The maximum atomic E-state index is 13.6. The molecule has 0 bridgehead atoms. The predicted octanol–water partition coefficient (Wildman–Crippen LogP) is 5.03. The number of hydrogen-bond donors (Lipinski definition) is 0. The molecule has 0 aliphatic rings. The Hall–Kier alpha value is -3.10. The van der Waals surface area contributed by atoms with E-state index in [0.717, 1.165) is 21.3 Å². The van der Waals surface area contributed by atoms with Crippen molar-refractivity contribution >= 4 is 42.4 Å². The number of pyridine rings is 1. The van der Waals surface area contributed by atoms with E-state index in [1.54, 1.807) is 43.3 Å². The highest BCUT2D eigenvalue weighted by Gasteiger charge is 2.25. The van der Waals surface area contributed by atoms with E-state index < -0.39 is 15.1 Å². The fourth-order valence-corrected chi connectivity index (χ4v) is 5.47. The molecular formula is C24H23N3O3S2. The number of thiazole rings is 1. The van der Waals surface area contributed by atoms with Gasteiger partial charge in [-0.25, -0.2) is 13.4 Å². The van der Waals surface area contributed by atoms with E-state index in [9.17, 15) is 13.2 Å². The van der Waals surface area contributed by atoms with Crippen molar-refractivity contribution in [2.45, 2.75) is 37.5 Å². The van der Waals surface area contributed by atoms with Gasteiger partial charge in [-0.15, -0.1) is 0 Å². The smallest absolute Gasteiger partial charge is 0.260 e. The summed E-state index contributed by atoms with van der Waals surface area (Å²) in [6, 6.07) is 15.9. The molecule has 0 atom stereocenters. The number of fused-ring (bicyclic) bond motifs is 1. The van der Waals surface area contributed by atoms with Gasteiger partial charge in [-0.3, -0.25) is 14.7 Å². The lowest BCUT2D eigenvalue weighted by Crippen LogP contribution is -2.30. The third-order valence-corrected chi connectivity index (χ3v) is 8.37. The largest absolute Gasteiger partial charge is 0.279 e. The van der Waals surface area contributed by atoms with Crippen LogP contribution < -0.4 is 4.90 Å². The highest BCUT2D eigenvalue weighted by atomic mass is 32.2. The molecule has 0 fully saturated rings. The zero-order valence-electron chi connectivity index (χ0n) is 18.0. The number of benzene rings is 2. The number of nitrogens with zero attached hydrogens (tertiary/aromatic N) is 3. The van der Waals surface area contributed by atoms with Crippen LogP contribution in [0.25, 0.3) is 10.2 Å². The van der Waals surface area contributed by atoms with Crippen molar-refractivity contribution in [2.75, 3.05) is 4.90 Å². The minimum absolute atomic E-state index is 0.139. The molecule has 0 radical (unpaired) electrons. The monoisotopic (exact) mass is 465 g/mol. The minimum Gasteiger partial charge on any atom is -0.279 e. The van der Waals surface area contributed by atoms with Gasteiger partial charge in [0.25, 0.3) is 5.91 Å². The highest BCUT2D eigenvalue weighted by molar-refractivity contribution is 7.92. The van der Waals surface area contributed by atoms with Crippen LogP contribution in [-0.4, -0.2) is 29.5 Å². The summed E-state index contributed by atoms with van der Waals surface area (Å²) in [6.07, 6.45) is 3.38. The second-order valence-electron chi connectivity index (χ2n) is 7.79. The molecule has 4 aromatic rings. The van der Waals surface area contributed by atoms with Gasteiger partial charge in [-0.05, 0) is 62.2 Å². The van der Waals surface area contributed by atoms with Crippen molar-refractivity contribution in [3.8, 4) is 0 Å². The number of carbonyl (C=O) groups is 1. The maximum Gasteiger partial charge on any atom is 0.260 e.